The number of para-hydroxylation sites is 2. The van der Waals surface area contributed by atoms with Crippen LogP contribution in [0.2, 0.25) is 0 Å². The van der Waals surface area contributed by atoms with E-state index in [0.717, 1.165) is 23.0 Å². The van der Waals surface area contributed by atoms with Gasteiger partial charge in [0.1, 0.15) is 5.82 Å². The minimum atomic E-state index is -0.190. The van der Waals surface area contributed by atoms with Crippen LogP contribution in [0.1, 0.15) is 18.5 Å². The predicted octanol–water partition coefficient (Wildman–Crippen LogP) is 3.98. The van der Waals surface area contributed by atoms with E-state index in [2.05, 4.69) is 22.5 Å². The molecule has 0 aliphatic carbocycles. The van der Waals surface area contributed by atoms with Gasteiger partial charge < -0.3 is 4.57 Å². The first-order chi connectivity index (χ1) is 9.24. The lowest BCUT2D eigenvalue weighted by atomic mass is 10.1. The molecule has 0 saturated heterocycles. The molecule has 2 nitrogen and oxygen atoms in total. The zero-order valence-electron chi connectivity index (χ0n) is 10.8. The van der Waals surface area contributed by atoms with Crippen molar-refractivity contribution in [3.05, 3.63) is 66.2 Å². The zero-order chi connectivity index (χ0) is 13.2. The summed E-state index contributed by atoms with van der Waals surface area (Å²) in [5.74, 6) is -0.190. The summed E-state index contributed by atoms with van der Waals surface area (Å²) in [4.78, 5) is 4.40. The Kier molecular flexibility index (Phi) is 3.03. The van der Waals surface area contributed by atoms with E-state index in [4.69, 9.17) is 0 Å². The van der Waals surface area contributed by atoms with Crippen molar-refractivity contribution in [2.75, 3.05) is 0 Å². The third kappa shape index (κ3) is 2.36. The van der Waals surface area contributed by atoms with Gasteiger partial charge in [0.2, 0.25) is 0 Å². The molecule has 3 heteroatoms. The Labute approximate surface area is 111 Å². The first-order valence-electron chi connectivity index (χ1n) is 6.40. The number of imidazole rings is 1. The molecule has 0 aliphatic rings. The smallest absolute Gasteiger partial charge is 0.123 e. The molecule has 3 rings (SSSR count). The predicted molar refractivity (Wildman–Crippen MR) is 74.5 cm³/mol. The number of hydrogen-bond acceptors (Lipinski definition) is 1. The molecule has 0 fully saturated rings. The molecule has 1 atom stereocenters. The lowest BCUT2D eigenvalue weighted by Gasteiger charge is -2.14. The van der Waals surface area contributed by atoms with Gasteiger partial charge >= 0.3 is 0 Å². The zero-order valence-corrected chi connectivity index (χ0v) is 10.8. The van der Waals surface area contributed by atoms with E-state index in [0.29, 0.717) is 0 Å². The summed E-state index contributed by atoms with van der Waals surface area (Å²) in [5.41, 5.74) is 3.28. The first-order valence-corrected chi connectivity index (χ1v) is 6.40. The molecule has 1 aromatic heterocycles. The van der Waals surface area contributed by atoms with Crippen LogP contribution < -0.4 is 0 Å². The lowest BCUT2D eigenvalue weighted by molar-refractivity contribution is 0.557. The molecule has 0 spiro atoms. The molecule has 0 radical (unpaired) electrons. The van der Waals surface area contributed by atoms with Crippen molar-refractivity contribution >= 4 is 11.0 Å². The van der Waals surface area contributed by atoms with Crippen molar-refractivity contribution < 1.29 is 4.39 Å². The third-order valence-corrected chi connectivity index (χ3v) is 3.40. The first kappa shape index (κ1) is 11.9. The van der Waals surface area contributed by atoms with Crippen LogP contribution in [0, 0.1) is 5.82 Å². The Balaban J connectivity index is 1.87. The van der Waals surface area contributed by atoms with Crippen LogP contribution in [0.5, 0.6) is 0 Å². The van der Waals surface area contributed by atoms with Crippen molar-refractivity contribution in [3.8, 4) is 0 Å². The second-order valence-electron chi connectivity index (χ2n) is 4.82. The molecule has 96 valence electrons. The maximum atomic E-state index is 12.9. The Bertz CT molecular complexity index is 685. The van der Waals surface area contributed by atoms with Crippen molar-refractivity contribution in [1.29, 1.82) is 0 Å². The van der Waals surface area contributed by atoms with Crippen LogP contribution in [0.25, 0.3) is 11.0 Å². The van der Waals surface area contributed by atoms with Gasteiger partial charge in [-0.2, -0.15) is 0 Å². The molecular weight excluding hydrogens is 239 g/mol. The summed E-state index contributed by atoms with van der Waals surface area (Å²) in [5, 5.41) is 0. The van der Waals surface area contributed by atoms with Gasteiger partial charge in [0.25, 0.3) is 0 Å². The number of halogens is 1. The van der Waals surface area contributed by atoms with E-state index in [9.17, 15) is 4.39 Å². The molecule has 2 aromatic carbocycles. The Morgan fingerprint density at radius 2 is 1.84 bits per heavy atom. The highest BCUT2D eigenvalue weighted by Crippen LogP contribution is 2.20. The van der Waals surface area contributed by atoms with Gasteiger partial charge in [-0.15, -0.1) is 0 Å². The van der Waals surface area contributed by atoms with Crippen molar-refractivity contribution in [2.24, 2.45) is 0 Å². The van der Waals surface area contributed by atoms with Gasteiger partial charge in [-0.1, -0.05) is 24.3 Å². The number of fused-ring (bicyclic) bond motifs is 1. The standard InChI is InChI=1S/C16H15FN2/c1-12(10-13-6-8-14(17)9-7-13)19-11-18-15-4-2-3-5-16(15)19/h2-9,11-12H,10H2,1H3. The Hall–Kier alpha value is -2.16. The highest BCUT2D eigenvalue weighted by molar-refractivity contribution is 5.75. The highest BCUT2D eigenvalue weighted by atomic mass is 19.1. The number of rotatable bonds is 3. The third-order valence-electron chi connectivity index (χ3n) is 3.40. The van der Waals surface area contributed by atoms with E-state index in [1.165, 1.54) is 12.1 Å². The topological polar surface area (TPSA) is 17.8 Å². The quantitative estimate of drug-likeness (QED) is 0.691. The highest BCUT2D eigenvalue weighted by Gasteiger charge is 2.09. The van der Waals surface area contributed by atoms with Gasteiger partial charge in [-0.3, -0.25) is 0 Å². The van der Waals surface area contributed by atoms with E-state index in [1.807, 2.05) is 36.7 Å². The second kappa shape index (κ2) is 4.84. The SMILES string of the molecule is CC(Cc1ccc(F)cc1)n1cnc2ccccc21. The van der Waals surface area contributed by atoms with Gasteiger partial charge in [0.15, 0.2) is 0 Å². The summed E-state index contributed by atoms with van der Waals surface area (Å²) < 4.78 is 15.1. The van der Waals surface area contributed by atoms with E-state index in [-0.39, 0.29) is 11.9 Å². The van der Waals surface area contributed by atoms with Crippen LogP contribution in [0.3, 0.4) is 0 Å². The fourth-order valence-electron chi connectivity index (χ4n) is 2.39. The molecule has 0 bridgehead atoms. The van der Waals surface area contributed by atoms with Gasteiger partial charge in [-0.05, 0) is 43.2 Å². The second-order valence-corrected chi connectivity index (χ2v) is 4.82. The minimum absolute atomic E-state index is 0.190. The number of nitrogens with zero attached hydrogens (tertiary/aromatic N) is 2. The summed E-state index contributed by atoms with van der Waals surface area (Å²) in [6.45, 7) is 2.15. The molecule has 1 heterocycles. The van der Waals surface area contributed by atoms with Crippen molar-refractivity contribution in [1.82, 2.24) is 9.55 Å². The Morgan fingerprint density at radius 1 is 1.11 bits per heavy atom. The number of hydrogen-bond donors (Lipinski definition) is 0. The number of aromatic nitrogens is 2. The molecule has 19 heavy (non-hydrogen) atoms. The summed E-state index contributed by atoms with van der Waals surface area (Å²) in [6.07, 6.45) is 2.74. The molecule has 0 aliphatic heterocycles. The average Bonchev–Trinajstić information content (AvgIpc) is 2.85. The van der Waals surface area contributed by atoms with Crippen LogP contribution in [0.15, 0.2) is 54.9 Å². The Morgan fingerprint density at radius 3 is 2.63 bits per heavy atom. The lowest BCUT2D eigenvalue weighted by Crippen LogP contribution is -2.07. The van der Waals surface area contributed by atoms with Crippen LogP contribution in [-0.4, -0.2) is 9.55 Å². The fraction of sp³-hybridized carbons (Fsp3) is 0.188. The summed E-state index contributed by atoms with van der Waals surface area (Å²) in [6, 6.07) is 15.1. The normalized spacial score (nSPS) is 12.7. The van der Waals surface area contributed by atoms with Crippen LogP contribution in [-0.2, 0) is 6.42 Å². The fourth-order valence-corrected chi connectivity index (χ4v) is 2.39. The average molecular weight is 254 g/mol. The van der Waals surface area contributed by atoms with E-state index in [1.54, 1.807) is 0 Å². The maximum Gasteiger partial charge on any atom is 0.123 e. The van der Waals surface area contributed by atoms with Crippen molar-refractivity contribution in [3.63, 3.8) is 0 Å². The molecule has 0 amide bonds. The van der Waals surface area contributed by atoms with E-state index < -0.39 is 0 Å². The molecule has 3 aromatic rings. The number of benzene rings is 2. The van der Waals surface area contributed by atoms with Crippen LogP contribution in [0.4, 0.5) is 4.39 Å². The largest absolute Gasteiger partial charge is 0.327 e. The summed E-state index contributed by atoms with van der Waals surface area (Å²) in [7, 11) is 0. The van der Waals surface area contributed by atoms with E-state index >= 15 is 0 Å². The van der Waals surface area contributed by atoms with Crippen LogP contribution >= 0.6 is 0 Å². The van der Waals surface area contributed by atoms with Gasteiger partial charge in [0.05, 0.1) is 17.4 Å². The molecular formula is C16H15FN2. The molecule has 0 N–H and O–H groups in total. The minimum Gasteiger partial charge on any atom is -0.327 e. The monoisotopic (exact) mass is 254 g/mol. The summed E-state index contributed by atoms with van der Waals surface area (Å²) >= 11 is 0. The molecule has 1 unspecified atom stereocenters. The van der Waals surface area contributed by atoms with Crippen molar-refractivity contribution in [2.45, 2.75) is 19.4 Å². The van der Waals surface area contributed by atoms with Gasteiger partial charge in [0, 0.05) is 6.04 Å². The molecule has 0 saturated carbocycles. The maximum absolute atomic E-state index is 12.9. The van der Waals surface area contributed by atoms with Gasteiger partial charge in [-0.25, -0.2) is 9.37 Å².